The average molecular weight is 216 g/mol. The molecule has 90 valence electrons. The largest absolute Gasteiger partial charge is 0.392 e. The normalized spacial score (nSPS) is 12.5. The molecule has 0 fully saturated rings. The molecule has 0 radical (unpaired) electrons. The predicted octanol–water partition coefficient (Wildman–Crippen LogP) is 0.653. The highest BCUT2D eigenvalue weighted by molar-refractivity contribution is 5.75. The van der Waals surface area contributed by atoms with Crippen LogP contribution < -0.4 is 10.6 Å². The van der Waals surface area contributed by atoms with Crippen LogP contribution in [0.4, 0.5) is 0 Å². The fourth-order valence-corrected chi connectivity index (χ4v) is 1.23. The van der Waals surface area contributed by atoms with Crippen LogP contribution in [-0.4, -0.2) is 36.8 Å². The molecule has 1 atom stereocenters. The van der Waals surface area contributed by atoms with Crippen LogP contribution in [0.1, 0.15) is 39.5 Å². The Morgan fingerprint density at radius 2 is 2.07 bits per heavy atom. The Labute approximate surface area is 92.4 Å². The van der Waals surface area contributed by atoms with Gasteiger partial charge in [-0.2, -0.15) is 0 Å². The lowest BCUT2D eigenvalue weighted by Gasteiger charge is -2.07. The van der Waals surface area contributed by atoms with Gasteiger partial charge < -0.3 is 15.7 Å². The third-order valence-electron chi connectivity index (χ3n) is 2.07. The highest BCUT2D eigenvalue weighted by atomic mass is 16.3. The van der Waals surface area contributed by atoms with Gasteiger partial charge in [0.2, 0.25) is 5.91 Å². The van der Waals surface area contributed by atoms with Gasteiger partial charge in [-0.3, -0.25) is 4.79 Å². The van der Waals surface area contributed by atoms with Gasteiger partial charge in [-0.25, -0.2) is 0 Å². The fraction of sp³-hybridized carbons (Fsp3) is 0.909. The third kappa shape index (κ3) is 11.3. The van der Waals surface area contributed by atoms with Crippen LogP contribution in [0.15, 0.2) is 0 Å². The molecule has 0 aliphatic heterocycles. The van der Waals surface area contributed by atoms with E-state index in [4.69, 9.17) is 5.11 Å². The van der Waals surface area contributed by atoms with E-state index in [0.717, 1.165) is 19.3 Å². The molecule has 3 N–H and O–H groups in total. The van der Waals surface area contributed by atoms with E-state index in [2.05, 4.69) is 17.6 Å². The number of carbonyl (C=O) groups excluding carboxylic acids is 1. The number of aliphatic hydroxyl groups excluding tert-OH is 1. The number of amides is 1. The monoisotopic (exact) mass is 216 g/mol. The molecule has 0 aromatic heterocycles. The Morgan fingerprint density at radius 3 is 2.67 bits per heavy atom. The minimum atomic E-state index is -0.328. The van der Waals surface area contributed by atoms with E-state index in [0.29, 0.717) is 26.1 Å². The molecule has 0 saturated carbocycles. The van der Waals surface area contributed by atoms with Crippen LogP contribution in [0.5, 0.6) is 0 Å². The maximum absolute atomic E-state index is 11.2. The first-order valence-electron chi connectivity index (χ1n) is 5.82. The van der Waals surface area contributed by atoms with Crippen molar-refractivity contribution >= 4 is 5.91 Å². The summed E-state index contributed by atoms with van der Waals surface area (Å²) < 4.78 is 0. The van der Waals surface area contributed by atoms with Crippen LogP contribution in [0, 0.1) is 0 Å². The molecule has 0 aromatic carbocycles. The number of unbranched alkanes of at least 4 members (excludes halogenated alkanes) is 2. The van der Waals surface area contributed by atoms with Crippen molar-refractivity contribution in [2.75, 3.05) is 19.6 Å². The second-order valence-electron chi connectivity index (χ2n) is 3.86. The second kappa shape index (κ2) is 9.93. The zero-order valence-electron chi connectivity index (χ0n) is 9.88. The van der Waals surface area contributed by atoms with E-state index in [9.17, 15) is 4.79 Å². The summed E-state index contributed by atoms with van der Waals surface area (Å²) in [7, 11) is 0. The van der Waals surface area contributed by atoms with E-state index in [1.807, 2.05) is 0 Å². The van der Waals surface area contributed by atoms with Gasteiger partial charge in [-0.15, -0.1) is 0 Å². The minimum absolute atomic E-state index is 0.127. The van der Waals surface area contributed by atoms with E-state index < -0.39 is 0 Å². The van der Waals surface area contributed by atoms with Gasteiger partial charge in [0.15, 0.2) is 0 Å². The highest BCUT2D eigenvalue weighted by Crippen LogP contribution is 1.97. The molecule has 0 heterocycles. The summed E-state index contributed by atoms with van der Waals surface area (Å²) in [4.78, 5) is 11.2. The van der Waals surface area contributed by atoms with Crippen molar-refractivity contribution in [3.8, 4) is 0 Å². The summed E-state index contributed by atoms with van der Waals surface area (Å²) in [6.07, 6.45) is 3.54. The molecule has 0 aliphatic carbocycles. The van der Waals surface area contributed by atoms with Crippen molar-refractivity contribution in [1.82, 2.24) is 10.6 Å². The van der Waals surface area contributed by atoms with E-state index in [1.165, 1.54) is 0 Å². The van der Waals surface area contributed by atoms with Gasteiger partial charge in [0.1, 0.15) is 0 Å². The van der Waals surface area contributed by atoms with Gasteiger partial charge in [0, 0.05) is 26.1 Å². The molecule has 15 heavy (non-hydrogen) atoms. The lowest BCUT2D eigenvalue weighted by atomic mass is 10.2. The number of rotatable bonds is 9. The fourth-order valence-electron chi connectivity index (χ4n) is 1.23. The molecule has 1 amide bonds. The third-order valence-corrected chi connectivity index (χ3v) is 2.07. The lowest BCUT2D eigenvalue weighted by molar-refractivity contribution is -0.121. The molecule has 0 spiro atoms. The van der Waals surface area contributed by atoms with Crippen LogP contribution in [-0.2, 0) is 4.79 Å². The second-order valence-corrected chi connectivity index (χ2v) is 3.86. The maximum atomic E-state index is 11.2. The number of hydrogen-bond acceptors (Lipinski definition) is 3. The van der Waals surface area contributed by atoms with Crippen molar-refractivity contribution < 1.29 is 9.90 Å². The highest BCUT2D eigenvalue weighted by Gasteiger charge is 1.99. The van der Waals surface area contributed by atoms with E-state index in [-0.39, 0.29) is 12.0 Å². The van der Waals surface area contributed by atoms with Gasteiger partial charge in [-0.05, 0) is 13.3 Å². The van der Waals surface area contributed by atoms with Crippen molar-refractivity contribution in [2.45, 2.75) is 45.6 Å². The molecule has 4 nitrogen and oxygen atoms in total. The first-order chi connectivity index (χ1) is 7.16. The van der Waals surface area contributed by atoms with Gasteiger partial charge >= 0.3 is 0 Å². The maximum Gasteiger partial charge on any atom is 0.220 e. The first-order valence-corrected chi connectivity index (χ1v) is 5.82. The zero-order chi connectivity index (χ0) is 11.5. The molecule has 0 aromatic rings. The summed E-state index contributed by atoms with van der Waals surface area (Å²) in [5.74, 6) is 0.127. The summed E-state index contributed by atoms with van der Waals surface area (Å²) in [5.41, 5.74) is 0. The molecule has 0 rings (SSSR count). The minimum Gasteiger partial charge on any atom is -0.392 e. The van der Waals surface area contributed by atoms with Crippen LogP contribution in [0.25, 0.3) is 0 Å². The molecule has 0 saturated heterocycles. The van der Waals surface area contributed by atoms with Crippen molar-refractivity contribution in [2.24, 2.45) is 0 Å². The van der Waals surface area contributed by atoms with Crippen LogP contribution in [0.2, 0.25) is 0 Å². The summed E-state index contributed by atoms with van der Waals surface area (Å²) in [5, 5.41) is 14.8. The molecule has 4 heteroatoms. The number of carbonyl (C=O) groups is 1. The first kappa shape index (κ1) is 14.4. The van der Waals surface area contributed by atoms with Crippen molar-refractivity contribution in [1.29, 1.82) is 0 Å². The summed E-state index contributed by atoms with van der Waals surface area (Å²) in [6.45, 7) is 5.78. The standard InChI is InChI=1S/C11H24N2O2/c1-3-4-5-6-11(15)13-8-7-12-9-10(2)14/h10,12,14H,3-9H2,1-2H3,(H,13,15). The Hall–Kier alpha value is -0.610. The molecular weight excluding hydrogens is 192 g/mol. The predicted molar refractivity (Wildman–Crippen MR) is 61.7 cm³/mol. The van der Waals surface area contributed by atoms with Crippen LogP contribution >= 0.6 is 0 Å². The van der Waals surface area contributed by atoms with Gasteiger partial charge in [0.05, 0.1) is 6.10 Å². The SMILES string of the molecule is CCCCCC(=O)NCCNCC(C)O. The lowest BCUT2D eigenvalue weighted by Crippen LogP contribution is -2.34. The van der Waals surface area contributed by atoms with Crippen LogP contribution in [0.3, 0.4) is 0 Å². The average Bonchev–Trinajstić information content (AvgIpc) is 2.17. The molecule has 1 unspecified atom stereocenters. The van der Waals surface area contributed by atoms with Gasteiger partial charge in [0.25, 0.3) is 0 Å². The van der Waals surface area contributed by atoms with Crippen molar-refractivity contribution in [3.05, 3.63) is 0 Å². The number of nitrogens with one attached hydrogen (secondary N) is 2. The smallest absolute Gasteiger partial charge is 0.220 e. The number of hydrogen-bond donors (Lipinski definition) is 3. The quantitative estimate of drug-likeness (QED) is 0.496. The molecule has 0 aliphatic rings. The Morgan fingerprint density at radius 1 is 1.33 bits per heavy atom. The summed E-state index contributed by atoms with van der Waals surface area (Å²) in [6, 6.07) is 0. The van der Waals surface area contributed by atoms with E-state index in [1.54, 1.807) is 6.92 Å². The van der Waals surface area contributed by atoms with E-state index >= 15 is 0 Å². The summed E-state index contributed by atoms with van der Waals surface area (Å²) >= 11 is 0. The molecular formula is C11H24N2O2. The number of aliphatic hydroxyl groups is 1. The topological polar surface area (TPSA) is 61.4 Å². The van der Waals surface area contributed by atoms with Gasteiger partial charge in [-0.1, -0.05) is 19.8 Å². The Kier molecular flexibility index (Phi) is 9.52. The molecule has 0 bridgehead atoms. The van der Waals surface area contributed by atoms with Crippen molar-refractivity contribution in [3.63, 3.8) is 0 Å². The zero-order valence-corrected chi connectivity index (χ0v) is 9.88. The Balaban J connectivity index is 3.17. The Bertz CT molecular complexity index is 161.